The van der Waals surface area contributed by atoms with Gasteiger partial charge in [0.05, 0.1) is 13.7 Å². The fourth-order valence-corrected chi connectivity index (χ4v) is 2.35. The van der Waals surface area contributed by atoms with E-state index in [9.17, 15) is 4.79 Å². The molecule has 0 amide bonds. The highest BCUT2D eigenvalue weighted by Crippen LogP contribution is 2.18. The average Bonchev–Trinajstić information content (AvgIpc) is 2.48. The Hall–Kier alpha value is -1.66. The Morgan fingerprint density at radius 1 is 1.60 bits per heavy atom. The number of carbonyl (C=O) groups excluding carboxylic acids is 1. The van der Waals surface area contributed by atoms with Crippen LogP contribution in [0.4, 0.5) is 0 Å². The molecule has 0 aliphatic carbocycles. The van der Waals surface area contributed by atoms with E-state index in [0.717, 1.165) is 18.7 Å². The molecule has 0 radical (unpaired) electrons. The summed E-state index contributed by atoms with van der Waals surface area (Å²) in [5, 5.41) is 3.23. The number of methoxy groups -OCH3 is 1. The highest BCUT2D eigenvalue weighted by Gasteiger charge is 2.30. The molecule has 6 nitrogen and oxygen atoms in total. The van der Waals surface area contributed by atoms with Crippen LogP contribution in [0.15, 0.2) is 18.3 Å². The molecule has 0 saturated carbocycles. The van der Waals surface area contributed by atoms with Gasteiger partial charge in [-0.05, 0) is 13.0 Å². The highest BCUT2D eigenvalue weighted by molar-refractivity contribution is 5.76. The maximum atomic E-state index is 12.0. The second-order valence-corrected chi connectivity index (χ2v) is 4.61. The minimum Gasteiger partial charge on any atom is -0.481 e. The molecule has 2 rings (SSSR count). The summed E-state index contributed by atoms with van der Waals surface area (Å²) in [4.78, 5) is 18.3. The van der Waals surface area contributed by atoms with Crippen LogP contribution >= 0.6 is 0 Å². The fourth-order valence-electron chi connectivity index (χ4n) is 2.35. The molecule has 110 valence electrons. The van der Waals surface area contributed by atoms with E-state index in [4.69, 9.17) is 9.47 Å². The van der Waals surface area contributed by atoms with Crippen LogP contribution in [0.1, 0.15) is 12.5 Å². The monoisotopic (exact) mass is 279 g/mol. The minimum absolute atomic E-state index is 0.178. The predicted molar refractivity (Wildman–Crippen MR) is 74.5 cm³/mol. The zero-order valence-corrected chi connectivity index (χ0v) is 12.0. The number of hydrogen-bond donors (Lipinski definition) is 1. The maximum Gasteiger partial charge on any atom is 0.324 e. The molecule has 1 atom stereocenters. The Morgan fingerprint density at radius 2 is 2.45 bits per heavy atom. The van der Waals surface area contributed by atoms with Gasteiger partial charge in [-0.25, -0.2) is 4.98 Å². The Kier molecular flexibility index (Phi) is 5.31. The summed E-state index contributed by atoms with van der Waals surface area (Å²) in [5.74, 6) is 0.427. The zero-order valence-electron chi connectivity index (χ0n) is 12.0. The topological polar surface area (TPSA) is 63.7 Å². The zero-order chi connectivity index (χ0) is 14.4. The number of nitrogens with one attached hydrogen (secondary N) is 1. The van der Waals surface area contributed by atoms with E-state index in [1.807, 2.05) is 19.1 Å². The van der Waals surface area contributed by atoms with Gasteiger partial charge in [-0.1, -0.05) is 6.07 Å². The van der Waals surface area contributed by atoms with Crippen molar-refractivity contribution in [1.82, 2.24) is 15.2 Å². The number of carbonyl (C=O) groups is 1. The number of hydrogen-bond acceptors (Lipinski definition) is 6. The van der Waals surface area contributed by atoms with E-state index in [2.05, 4.69) is 15.2 Å². The molecule has 0 aromatic carbocycles. The van der Waals surface area contributed by atoms with Crippen molar-refractivity contribution in [3.8, 4) is 5.88 Å². The van der Waals surface area contributed by atoms with Gasteiger partial charge in [-0.15, -0.1) is 0 Å². The molecule has 1 aliphatic heterocycles. The van der Waals surface area contributed by atoms with Crippen molar-refractivity contribution < 1.29 is 14.3 Å². The van der Waals surface area contributed by atoms with E-state index in [-0.39, 0.29) is 12.0 Å². The normalized spacial score (nSPS) is 19.6. The molecule has 0 bridgehead atoms. The van der Waals surface area contributed by atoms with Gasteiger partial charge in [0.2, 0.25) is 5.88 Å². The summed E-state index contributed by atoms with van der Waals surface area (Å²) in [6, 6.07) is 3.59. The third-order valence-electron chi connectivity index (χ3n) is 3.33. The van der Waals surface area contributed by atoms with Crippen molar-refractivity contribution >= 4 is 5.97 Å². The van der Waals surface area contributed by atoms with Crippen LogP contribution in [0.25, 0.3) is 0 Å². The summed E-state index contributed by atoms with van der Waals surface area (Å²) in [6.07, 6.45) is 1.70. The molecule has 20 heavy (non-hydrogen) atoms. The summed E-state index contributed by atoms with van der Waals surface area (Å²) in [7, 11) is 1.60. The van der Waals surface area contributed by atoms with E-state index in [0.29, 0.717) is 25.6 Å². The second kappa shape index (κ2) is 7.21. The second-order valence-electron chi connectivity index (χ2n) is 4.61. The molecule has 1 unspecified atom stereocenters. The largest absolute Gasteiger partial charge is 0.481 e. The Bertz CT molecular complexity index is 453. The van der Waals surface area contributed by atoms with Crippen molar-refractivity contribution in [2.75, 3.05) is 33.4 Å². The molecule has 1 aromatic heterocycles. The van der Waals surface area contributed by atoms with Crippen LogP contribution < -0.4 is 10.1 Å². The molecule has 1 fully saturated rings. The molecule has 1 aromatic rings. The number of piperazine rings is 1. The lowest BCUT2D eigenvalue weighted by Crippen LogP contribution is -2.54. The Balaban J connectivity index is 2.10. The lowest BCUT2D eigenvalue weighted by Gasteiger charge is -2.34. The smallest absolute Gasteiger partial charge is 0.324 e. The van der Waals surface area contributed by atoms with Crippen molar-refractivity contribution in [2.24, 2.45) is 0 Å². The van der Waals surface area contributed by atoms with Crippen molar-refractivity contribution in [3.63, 3.8) is 0 Å². The Labute approximate surface area is 119 Å². The number of rotatable bonds is 5. The number of nitrogens with zero attached hydrogens (tertiary/aromatic N) is 2. The molecule has 1 aliphatic rings. The summed E-state index contributed by atoms with van der Waals surface area (Å²) in [6.45, 7) is 5.12. The molecule has 0 spiro atoms. The van der Waals surface area contributed by atoms with Gasteiger partial charge in [0.25, 0.3) is 0 Å². The van der Waals surface area contributed by atoms with Gasteiger partial charge < -0.3 is 14.8 Å². The fraction of sp³-hybridized carbons (Fsp3) is 0.571. The first-order valence-electron chi connectivity index (χ1n) is 6.85. The highest BCUT2D eigenvalue weighted by atomic mass is 16.5. The lowest BCUT2D eigenvalue weighted by atomic mass is 10.1. The van der Waals surface area contributed by atoms with E-state index in [1.165, 1.54) is 0 Å². The first kappa shape index (κ1) is 14.7. The first-order valence-corrected chi connectivity index (χ1v) is 6.85. The standard InChI is InChI=1S/C14H21N3O3/c1-3-20-14(18)12-9-15-7-8-17(12)10-11-5-4-6-16-13(11)19-2/h4-6,12,15H,3,7-10H2,1-2H3. The van der Waals surface area contributed by atoms with E-state index in [1.54, 1.807) is 13.3 Å². The number of ether oxygens (including phenoxy) is 2. The predicted octanol–water partition coefficient (Wildman–Crippen LogP) is 0.427. The minimum atomic E-state index is -0.256. The summed E-state index contributed by atoms with van der Waals surface area (Å²) >= 11 is 0. The van der Waals surface area contributed by atoms with Crippen molar-refractivity contribution in [2.45, 2.75) is 19.5 Å². The van der Waals surface area contributed by atoms with Crippen LogP contribution in [0, 0.1) is 0 Å². The third kappa shape index (κ3) is 3.46. The lowest BCUT2D eigenvalue weighted by molar-refractivity contribution is -0.150. The average molecular weight is 279 g/mol. The van der Waals surface area contributed by atoms with Crippen molar-refractivity contribution in [3.05, 3.63) is 23.9 Å². The van der Waals surface area contributed by atoms with Gasteiger partial charge in [0, 0.05) is 37.9 Å². The van der Waals surface area contributed by atoms with Crippen LogP contribution in [0.3, 0.4) is 0 Å². The molecule has 1 saturated heterocycles. The molecular formula is C14H21N3O3. The Morgan fingerprint density at radius 3 is 3.20 bits per heavy atom. The van der Waals surface area contributed by atoms with E-state index < -0.39 is 0 Å². The van der Waals surface area contributed by atoms with E-state index >= 15 is 0 Å². The third-order valence-corrected chi connectivity index (χ3v) is 3.33. The number of aromatic nitrogens is 1. The van der Waals surface area contributed by atoms with Crippen molar-refractivity contribution in [1.29, 1.82) is 0 Å². The van der Waals surface area contributed by atoms with Crippen LogP contribution in [0.2, 0.25) is 0 Å². The van der Waals surface area contributed by atoms with Crippen LogP contribution in [0.5, 0.6) is 5.88 Å². The summed E-state index contributed by atoms with van der Waals surface area (Å²) < 4.78 is 10.4. The maximum absolute atomic E-state index is 12.0. The quantitative estimate of drug-likeness (QED) is 0.789. The number of esters is 1. The SMILES string of the molecule is CCOC(=O)C1CNCCN1Cc1cccnc1OC. The van der Waals surface area contributed by atoms with Gasteiger partial charge in [-0.2, -0.15) is 0 Å². The summed E-state index contributed by atoms with van der Waals surface area (Å²) in [5.41, 5.74) is 0.978. The van der Waals surface area contributed by atoms with Gasteiger partial charge >= 0.3 is 5.97 Å². The van der Waals surface area contributed by atoms with Crippen LogP contribution in [-0.4, -0.2) is 55.2 Å². The van der Waals surface area contributed by atoms with Gasteiger partial charge in [-0.3, -0.25) is 9.69 Å². The molecule has 1 N–H and O–H groups in total. The first-order chi connectivity index (χ1) is 9.76. The van der Waals surface area contributed by atoms with Crippen LogP contribution in [-0.2, 0) is 16.1 Å². The molecule has 6 heteroatoms. The molecule has 2 heterocycles. The van der Waals surface area contributed by atoms with Gasteiger partial charge in [0.1, 0.15) is 6.04 Å². The molecular weight excluding hydrogens is 258 g/mol. The number of pyridine rings is 1. The van der Waals surface area contributed by atoms with Gasteiger partial charge in [0.15, 0.2) is 0 Å².